The van der Waals surface area contributed by atoms with Crippen LogP contribution in [0.3, 0.4) is 0 Å². The molecule has 198 valence electrons. The van der Waals surface area contributed by atoms with E-state index in [-0.39, 0.29) is 11.8 Å². The van der Waals surface area contributed by atoms with Crippen molar-refractivity contribution in [1.29, 1.82) is 10.8 Å². The maximum Gasteiger partial charge on any atom is 0.212 e. The molecule has 0 atom stereocenters. The highest BCUT2D eigenvalue weighted by Gasteiger charge is 1.99. The standard InChI is InChI=1S/C11H17N.C7H11NO.C5H9NO.3C2H6/c1-7-9(4)11(6)12-10(5)8(2)3;1-4-6(3)7(8)9-5-2;1-4(2)5(6)7-3;3*1-2/h7-8H,1,4-5H2,2-3,6H3;4,8H,1,3,5H2,2H3;6H,1H2,2-3H3;3*1-2H3. The summed E-state index contributed by atoms with van der Waals surface area (Å²) in [5, 5.41) is 14.0. The SMILES string of the molecule is C=C(C)C(=N)OC.C=CC(=C)C(=N)OCC.C=CC(=C)C(C)=NC(=C)C(C)C.CC.CC.CC. The van der Waals surface area contributed by atoms with Gasteiger partial charge in [-0.05, 0) is 32.3 Å². The first kappa shape index (κ1) is 44.7. The van der Waals surface area contributed by atoms with Crippen molar-refractivity contribution >= 4 is 17.5 Å². The topological polar surface area (TPSA) is 78.5 Å². The van der Waals surface area contributed by atoms with E-state index >= 15 is 0 Å². The van der Waals surface area contributed by atoms with Crippen LogP contribution in [0.15, 0.2) is 79.0 Å². The van der Waals surface area contributed by atoms with Gasteiger partial charge in [0, 0.05) is 22.6 Å². The summed E-state index contributed by atoms with van der Waals surface area (Å²) in [5.74, 6) is 0.644. The average molecular weight is 478 g/mol. The molecule has 5 heteroatoms. The van der Waals surface area contributed by atoms with Crippen LogP contribution in [0.4, 0.5) is 0 Å². The second-order valence-electron chi connectivity index (χ2n) is 5.88. The number of hydrogen-bond donors (Lipinski definition) is 2. The van der Waals surface area contributed by atoms with Gasteiger partial charge in [-0.15, -0.1) is 0 Å². The fourth-order valence-corrected chi connectivity index (χ4v) is 1.07. The van der Waals surface area contributed by atoms with E-state index in [0.29, 0.717) is 23.7 Å². The summed E-state index contributed by atoms with van der Waals surface area (Å²) in [6, 6.07) is 0. The third-order valence-electron chi connectivity index (χ3n) is 3.11. The van der Waals surface area contributed by atoms with Crippen LogP contribution >= 0.6 is 0 Å². The fourth-order valence-electron chi connectivity index (χ4n) is 1.07. The predicted octanol–water partition coefficient (Wildman–Crippen LogP) is 9.37. The quantitative estimate of drug-likeness (QED) is 0.207. The summed E-state index contributed by atoms with van der Waals surface area (Å²) in [5.41, 5.74) is 3.82. The zero-order chi connectivity index (χ0) is 28.9. The molecule has 5 nitrogen and oxygen atoms in total. The first-order valence-electron chi connectivity index (χ1n) is 11.8. The molecule has 0 rings (SSSR count). The third-order valence-corrected chi connectivity index (χ3v) is 3.11. The van der Waals surface area contributed by atoms with Crippen molar-refractivity contribution in [3.05, 3.63) is 74.0 Å². The molecule has 0 aromatic carbocycles. The molecule has 0 saturated heterocycles. The molecule has 34 heavy (non-hydrogen) atoms. The molecule has 0 bridgehead atoms. The predicted molar refractivity (Wildman–Crippen MR) is 159 cm³/mol. The van der Waals surface area contributed by atoms with Gasteiger partial charge in [-0.2, -0.15) is 0 Å². The monoisotopic (exact) mass is 477 g/mol. The molecule has 0 aliphatic heterocycles. The van der Waals surface area contributed by atoms with Crippen LogP contribution in [-0.2, 0) is 9.47 Å². The number of rotatable bonds is 8. The van der Waals surface area contributed by atoms with Crippen LogP contribution in [0.2, 0.25) is 0 Å². The maximum atomic E-state index is 7.10. The molecule has 0 unspecified atom stereocenters. The van der Waals surface area contributed by atoms with Gasteiger partial charge in [0.15, 0.2) is 0 Å². The molecule has 0 aliphatic rings. The van der Waals surface area contributed by atoms with Crippen LogP contribution < -0.4 is 0 Å². The fraction of sp³-hybridized carbons (Fsp3) is 0.483. The summed E-state index contributed by atoms with van der Waals surface area (Å²) in [6.07, 6.45) is 3.20. The second-order valence-corrected chi connectivity index (χ2v) is 5.88. The number of allylic oxidation sites excluding steroid dienone is 3. The summed E-state index contributed by atoms with van der Waals surface area (Å²) in [7, 11) is 1.46. The minimum Gasteiger partial charge on any atom is -0.481 e. The number of ether oxygens (including phenoxy) is 2. The van der Waals surface area contributed by atoms with Gasteiger partial charge in [-0.3, -0.25) is 15.8 Å². The van der Waals surface area contributed by atoms with E-state index in [1.807, 2.05) is 55.4 Å². The molecule has 0 amide bonds. The van der Waals surface area contributed by atoms with Crippen molar-refractivity contribution in [2.24, 2.45) is 10.9 Å². The van der Waals surface area contributed by atoms with Crippen molar-refractivity contribution < 1.29 is 9.47 Å². The molecule has 0 aromatic rings. The van der Waals surface area contributed by atoms with Gasteiger partial charge in [-0.25, -0.2) is 0 Å². The zero-order valence-corrected chi connectivity index (χ0v) is 24.4. The molecule has 2 N–H and O–H groups in total. The first-order chi connectivity index (χ1) is 15.9. The molecule has 0 radical (unpaired) electrons. The molecular weight excluding hydrogens is 422 g/mol. The zero-order valence-electron chi connectivity index (χ0n) is 24.4. The highest BCUT2D eigenvalue weighted by Crippen LogP contribution is 2.10. The molecule has 0 aromatic heterocycles. The van der Waals surface area contributed by atoms with E-state index in [2.05, 4.69) is 63.1 Å². The first-order valence-corrected chi connectivity index (χ1v) is 11.8. The van der Waals surface area contributed by atoms with E-state index < -0.39 is 0 Å². The van der Waals surface area contributed by atoms with E-state index in [1.165, 1.54) is 13.2 Å². The van der Waals surface area contributed by atoms with Gasteiger partial charge in [0.05, 0.1) is 13.7 Å². The summed E-state index contributed by atoms with van der Waals surface area (Å²) in [6.45, 7) is 43.8. The van der Waals surface area contributed by atoms with Crippen LogP contribution in [0.1, 0.15) is 76.2 Å². The second kappa shape index (κ2) is 34.7. The van der Waals surface area contributed by atoms with Gasteiger partial charge in [0.1, 0.15) is 0 Å². The van der Waals surface area contributed by atoms with E-state index in [0.717, 1.165) is 17.0 Å². The number of nitrogens with zero attached hydrogens (tertiary/aromatic N) is 1. The van der Waals surface area contributed by atoms with Crippen LogP contribution in [-0.4, -0.2) is 31.2 Å². The molecular formula is C29H55N3O2. The van der Waals surface area contributed by atoms with E-state index in [1.54, 1.807) is 13.0 Å². The van der Waals surface area contributed by atoms with Crippen LogP contribution in [0, 0.1) is 16.7 Å². The van der Waals surface area contributed by atoms with Crippen LogP contribution in [0.5, 0.6) is 0 Å². The Hall–Kier alpha value is -2.95. The lowest BCUT2D eigenvalue weighted by Crippen LogP contribution is -2.03. The third kappa shape index (κ3) is 33.7. The molecule has 0 saturated carbocycles. The Morgan fingerprint density at radius 3 is 1.41 bits per heavy atom. The number of methoxy groups -OCH3 is 1. The molecule has 0 heterocycles. The van der Waals surface area contributed by atoms with Gasteiger partial charge in [-0.1, -0.05) is 107 Å². The summed E-state index contributed by atoms with van der Waals surface area (Å²) in [4.78, 5) is 4.30. The van der Waals surface area contributed by atoms with Crippen molar-refractivity contribution in [3.8, 4) is 0 Å². The number of hydrogen-bond acceptors (Lipinski definition) is 5. The normalized spacial score (nSPS) is 8.32. The highest BCUT2D eigenvalue weighted by atomic mass is 16.5. The van der Waals surface area contributed by atoms with Gasteiger partial charge in [0.25, 0.3) is 0 Å². The maximum absolute atomic E-state index is 7.10. The Balaban J connectivity index is -0.0000000795. The smallest absolute Gasteiger partial charge is 0.212 e. The Morgan fingerprint density at radius 2 is 1.21 bits per heavy atom. The molecule has 0 fully saturated rings. The minimum atomic E-state index is 0.104. The van der Waals surface area contributed by atoms with Crippen molar-refractivity contribution in [3.63, 3.8) is 0 Å². The van der Waals surface area contributed by atoms with Gasteiger partial charge >= 0.3 is 0 Å². The number of aliphatic imine (C=N–C) groups is 1. The lowest BCUT2D eigenvalue weighted by Gasteiger charge is -2.05. The Kier molecular flexibility index (Phi) is 45.5. The minimum absolute atomic E-state index is 0.104. The van der Waals surface area contributed by atoms with Crippen molar-refractivity contribution in [1.82, 2.24) is 0 Å². The summed E-state index contributed by atoms with van der Waals surface area (Å²) >= 11 is 0. The summed E-state index contributed by atoms with van der Waals surface area (Å²) < 4.78 is 9.30. The van der Waals surface area contributed by atoms with Crippen molar-refractivity contribution in [2.45, 2.75) is 76.2 Å². The highest BCUT2D eigenvalue weighted by molar-refractivity contribution is 6.00. The lowest BCUT2D eigenvalue weighted by atomic mass is 10.1. The van der Waals surface area contributed by atoms with E-state index in [9.17, 15) is 0 Å². The molecule has 0 aliphatic carbocycles. The molecule has 0 spiro atoms. The largest absolute Gasteiger partial charge is 0.481 e. The number of nitrogens with one attached hydrogen (secondary N) is 2. The van der Waals surface area contributed by atoms with Crippen molar-refractivity contribution in [2.75, 3.05) is 13.7 Å². The van der Waals surface area contributed by atoms with Crippen LogP contribution in [0.25, 0.3) is 0 Å². The Bertz CT molecular complexity index is 640. The van der Waals surface area contributed by atoms with Gasteiger partial charge in [0.2, 0.25) is 11.8 Å². The van der Waals surface area contributed by atoms with E-state index in [4.69, 9.17) is 15.6 Å². The lowest BCUT2D eigenvalue weighted by molar-refractivity contribution is 0.325. The Morgan fingerprint density at radius 1 is 0.824 bits per heavy atom. The van der Waals surface area contributed by atoms with Gasteiger partial charge < -0.3 is 9.47 Å². The average Bonchev–Trinajstić information content (AvgIpc) is 2.86. The Labute approximate surface area is 212 Å².